The SMILES string of the molecule is COC(CO[Si](C)(C)C(C)(C)C)CSC(c1ccccc1)(c1ccccc1)c1ccccc1.S. The van der Waals surface area contributed by atoms with Crippen LogP contribution in [0, 0.1) is 0 Å². The van der Waals surface area contributed by atoms with Crippen molar-refractivity contribution in [2.45, 2.75) is 49.8 Å². The van der Waals surface area contributed by atoms with Crippen molar-refractivity contribution in [3.05, 3.63) is 108 Å². The van der Waals surface area contributed by atoms with Gasteiger partial charge in [0.05, 0.1) is 17.5 Å². The van der Waals surface area contributed by atoms with Crippen molar-refractivity contribution >= 4 is 33.6 Å². The van der Waals surface area contributed by atoms with Crippen molar-refractivity contribution in [2.75, 3.05) is 19.5 Å². The average molecular weight is 513 g/mol. The van der Waals surface area contributed by atoms with E-state index in [2.05, 4.69) is 125 Å². The molecule has 0 spiro atoms. The molecule has 3 aromatic carbocycles. The van der Waals surface area contributed by atoms with Crippen LogP contribution >= 0.6 is 25.3 Å². The molecule has 2 nitrogen and oxygen atoms in total. The van der Waals surface area contributed by atoms with Gasteiger partial charge in [0.2, 0.25) is 0 Å². The van der Waals surface area contributed by atoms with E-state index in [1.807, 2.05) is 11.8 Å². The molecule has 0 radical (unpaired) electrons. The molecule has 34 heavy (non-hydrogen) atoms. The Bertz CT molecular complexity index is 877. The van der Waals surface area contributed by atoms with Gasteiger partial charge in [-0.3, -0.25) is 0 Å². The Hall–Kier alpha value is -1.50. The molecule has 0 aliphatic carbocycles. The highest BCUT2D eigenvalue weighted by Gasteiger charge is 2.39. The fourth-order valence-electron chi connectivity index (χ4n) is 3.69. The molecule has 0 aliphatic heterocycles. The number of hydrogen-bond donors (Lipinski definition) is 0. The summed E-state index contributed by atoms with van der Waals surface area (Å²) in [5.41, 5.74) is 3.81. The lowest BCUT2D eigenvalue weighted by atomic mass is 9.84. The fraction of sp³-hybridized carbons (Fsp3) is 0.379. The fourth-order valence-corrected chi connectivity index (χ4v) is 6.30. The Morgan fingerprint density at radius 1 is 0.735 bits per heavy atom. The Kier molecular flexibility index (Phi) is 10.5. The van der Waals surface area contributed by atoms with Crippen LogP contribution < -0.4 is 0 Å². The van der Waals surface area contributed by atoms with Crippen LogP contribution in [0.1, 0.15) is 37.5 Å². The summed E-state index contributed by atoms with van der Waals surface area (Å²) < 4.78 is 12.1. The third kappa shape index (κ3) is 6.58. The van der Waals surface area contributed by atoms with Gasteiger partial charge in [0.25, 0.3) is 0 Å². The minimum Gasteiger partial charge on any atom is -0.414 e. The Morgan fingerprint density at radius 3 is 1.44 bits per heavy atom. The van der Waals surface area contributed by atoms with Crippen molar-refractivity contribution in [1.29, 1.82) is 0 Å². The van der Waals surface area contributed by atoms with E-state index < -0.39 is 8.32 Å². The molecule has 0 aliphatic rings. The van der Waals surface area contributed by atoms with Crippen molar-refractivity contribution in [3.63, 3.8) is 0 Å². The van der Waals surface area contributed by atoms with Gasteiger partial charge in [-0.15, -0.1) is 11.8 Å². The number of ether oxygens (including phenoxy) is 1. The van der Waals surface area contributed by atoms with E-state index in [-0.39, 0.29) is 29.4 Å². The molecule has 3 rings (SSSR count). The van der Waals surface area contributed by atoms with Crippen molar-refractivity contribution < 1.29 is 9.16 Å². The molecule has 0 fully saturated rings. The van der Waals surface area contributed by atoms with E-state index in [4.69, 9.17) is 9.16 Å². The smallest absolute Gasteiger partial charge is 0.192 e. The molecule has 0 amide bonds. The monoisotopic (exact) mass is 512 g/mol. The Labute approximate surface area is 219 Å². The van der Waals surface area contributed by atoms with Gasteiger partial charge in [-0.1, -0.05) is 112 Å². The lowest BCUT2D eigenvalue weighted by molar-refractivity contribution is 0.0695. The highest BCUT2D eigenvalue weighted by Crippen LogP contribution is 2.48. The zero-order valence-corrected chi connectivity index (χ0v) is 24.2. The normalized spacial score (nSPS) is 13.2. The maximum Gasteiger partial charge on any atom is 0.192 e. The standard InChI is InChI=1S/C29H38O2SSi.H2S/c1-28(2,3)33(5,6)31-22-27(30-4)23-32-29(24-16-10-7-11-17-24,25-18-12-8-13-19-25)26-20-14-9-15-21-26;/h7-21,27H,22-23H2,1-6H3;1H2. The summed E-state index contributed by atoms with van der Waals surface area (Å²) in [6.45, 7) is 12.1. The summed E-state index contributed by atoms with van der Waals surface area (Å²) in [5, 5.41) is 0.181. The Balaban J connectivity index is 0.00000408. The molecule has 3 aromatic rings. The molecule has 0 heterocycles. The topological polar surface area (TPSA) is 18.5 Å². The van der Waals surface area contributed by atoms with Crippen molar-refractivity contribution in [1.82, 2.24) is 0 Å². The number of thioether (sulfide) groups is 1. The molecule has 0 bridgehead atoms. The number of benzene rings is 3. The molecule has 0 aromatic heterocycles. The van der Waals surface area contributed by atoms with Crippen LogP contribution in [-0.2, 0) is 13.9 Å². The van der Waals surface area contributed by atoms with Crippen LogP contribution in [-0.4, -0.2) is 33.9 Å². The molecule has 0 saturated heterocycles. The third-order valence-corrected chi connectivity index (χ3v) is 13.0. The van der Waals surface area contributed by atoms with E-state index in [0.717, 1.165) is 5.75 Å². The average Bonchev–Trinajstić information content (AvgIpc) is 2.82. The maximum atomic E-state index is 6.53. The van der Waals surface area contributed by atoms with Crippen LogP contribution in [0.4, 0.5) is 0 Å². The molecule has 5 heteroatoms. The van der Waals surface area contributed by atoms with Crippen LogP contribution in [0.15, 0.2) is 91.0 Å². The van der Waals surface area contributed by atoms with Gasteiger partial charge in [0.1, 0.15) is 0 Å². The van der Waals surface area contributed by atoms with Gasteiger partial charge in [0.15, 0.2) is 8.32 Å². The molecule has 0 N–H and O–H groups in total. The first kappa shape index (κ1) is 28.7. The minimum atomic E-state index is -1.84. The molecule has 0 saturated carbocycles. The lowest BCUT2D eigenvalue weighted by Crippen LogP contribution is -2.43. The zero-order valence-electron chi connectivity index (χ0n) is 21.4. The highest BCUT2D eigenvalue weighted by molar-refractivity contribution is 8.00. The molecular weight excluding hydrogens is 473 g/mol. The van der Waals surface area contributed by atoms with Crippen molar-refractivity contribution in [3.8, 4) is 0 Å². The first-order valence-electron chi connectivity index (χ1n) is 11.7. The minimum absolute atomic E-state index is 0. The van der Waals surface area contributed by atoms with Crippen LogP contribution in [0.3, 0.4) is 0 Å². The number of methoxy groups -OCH3 is 1. The molecule has 184 valence electrons. The largest absolute Gasteiger partial charge is 0.414 e. The van der Waals surface area contributed by atoms with Crippen LogP contribution in [0.2, 0.25) is 18.1 Å². The summed E-state index contributed by atoms with van der Waals surface area (Å²) in [7, 11) is -0.0388. The molecule has 1 atom stereocenters. The first-order valence-corrected chi connectivity index (χ1v) is 15.6. The van der Waals surface area contributed by atoms with Crippen LogP contribution in [0.25, 0.3) is 0 Å². The third-order valence-electron chi connectivity index (χ3n) is 6.80. The highest BCUT2D eigenvalue weighted by atomic mass is 32.2. The van der Waals surface area contributed by atoms with Crippen LogP contribution in [0.5, 0.6) is 0 Å². The Morgan fingerprint density at radius 2 is 1.12 bits per heavy atom. The predicted octanol–water partition coefficient (Wildman–Crippen LogP) is 7.86. The van der Waals surface area contributed by atoms with E-state index in [1.165, 1.54) is 16.7 Å². The maximum absolute atomic E-state index is 6.53. The quantitative estimate of drug-likeness (QED) is 0.203. The summed E-state index contributed by atoms with van der Waals surface area (Å²) >= 11 is 1.93. The van der Waals surface area contributed by atoms with Gasteiger partial charge >= 0.3 is 0 Å². The second-order valence-electron chi connectivity index (χ2n) is 10.0. The second-order valence-corrected chi connectivity index (χ2v) is 16.1. The zero-order chi connectivity index (χ0) is 24.0. The van der Waals surface area contributed by atoms with Gasteiger partial charge < -0.3 is 9.16 Å². The second kappa shape index (κ2) is 12.5. The summed E-state index contributed by atoms with van der Waals surface area (Å²) in [6, 6.07) is 32.5. The van der Waals surface area contributed by atoms with Crippen molar-refractivity contribution in [2.24, 2.45) is 0 Å². The summed E-state index contributed by atoms with van der Waals surface area (Å²) in [4.78, 5) is 0. The van der Waals surface area contributed by atoms with E-state index in [0.29, 0.717) is 6.61 Å². The first-order chi connectivity index (χ1) is 15.7. The predicted molar refractivity (Wildman–Crippen MR) is 156 cm³/mol. The van der Waals surface area contributed by atoms with E-state index >= 15 is 0 Å². The number of rotatable bonds is 10. The number of hydrogen-bond acceptors (Lipinski definition) is 3. The summed E-state index contributed by atoms with van der Waals surface area (Å²) in [6.07, 6.45) is 0.0136. The van der Waals surface area contributed by atoms with E-state index in [9.17, 15) is 0 Å². The lowest BCUT2D eigenvalue weighted by Gasteiger charge is -2.38. The van der Waals surface area contributed by atoms with Gasteiger partial charge in [-0.05, 0) is 34.8 Å². The molecule has 1 unspecified atom stereocenters. The van der Waals surface area contributed by atoms with Gasteiger partial charge in [-0.25, -0.2) is 0 Å². The molecular formula is C29H40O2S2Si. The van der Waals surface area contributed by atoms with Gasteiger partial charge in [0, 0.05) is 12.9 Å². The summed E-state index contributed by atoms with van der Waals surface area (Å²) in [5.74, 6) is 0.823. The van der Waals surface area contributed by atoms with Gasteiger partial charge in [-0.2, -0.15) is 13.5 Å². The van der Waals surface area contributed by atoms with E-state index in [1.54, 1.807) is 7.11 Å².